The number of hydrogen-bond donors (Lipinski definition) is 1. The molecular weight excluding hydrogens is 375 g/mol. The Morgan fingerprint density at radius 3 is 2.52 bits per heavy atom. The Labute approximate surface area is 170 Å². The molecule has 1 atom stereocenters. The highest BCUT2D eigenvalue weighted by Crippen LogP contribution is 2.22. The highest BCUT2D eigenvalue weighted by molar-refractivity contribution is 5.78. The van der Waals surface area contributed by atoms with Gasteiger partial charge in [-0.15, -0.1) is 0 Å². The molecule has 1 heterocycles. The Kier molecular flexibility index (Phi) is 7.84. The molecule has 1 aliphatic rings. The molecule has 1 fully saturated rings. The summed E-state index contributed by atoms with van der Waals surface area (Å²) >= 11 is 0. The van der Waals surface area contributed by atoms with E-state index in [0.29, 0.717) is 46.0 Å². The number of carbonyl (C=O) groups excluding carboxylic acids is 1. The molecule has 2 aromatic rings. The molecule has 1 aliphatic heterocycles. The molecular formula is C22H27FN2O4. The first-order valence-corrected chi connectivity index (χ1v) is 9.86. The van der Waals surface area contributed by atoms with E-state index in [1.165, 1.54) is 12.1 Å². The number of halogens is 1. The Balaban J connectivity index is 1.36. The second kappa shape index (κ2) is 10.8. The van der Waals surface area contributed by atoms with Crippen LogP contribution in [0.4, 0.5) is 4.39 Å². The first-order chi connectivity index (χ1) is 14.1. The van der Waals surface area contributed by atoms with Crippen LogP contribution in [0.2, 0.25) is 0 Å². The van der Waals surface area contributed by atoms with Gasteiger partial charge in [0.25, 0.3) is 0 Å². The number of benzene rings is 2. The summed E-state index contributed by atoms with van der Waals surface area (Å²) in [5.74, 6) is 1.21. The van der Waals surface area contributed by atoms with Crippen LogP contribution < -0.4 is 14.8 Å². The lowest BCUT2D eigenvalue weighted by Crippen LogP contribution is -2.44. The molecule has 0 bridgehead atoms. The predicted molar refractivity (Wildman–Crippen MR) is 108 cm³/mol. The summed E-state index contributed by atoms with van der Waals surface area (Å²) in [6.45, 7) is 5.50. The summed E-state index contributed by atoms with van der Waals surface area (Å²) in [5.41, 5.74) is 0.917. The number of rotatable bonds is 9. The Morgan fingerprint density at radius 2 is 1.83 bits per heavy atom. The molecule has 2 aromatic carbocycles. The van der Waals surface area contributed by atoms with E-state index in [-0.39, 0.29) is 17.8 Å². The molecule has 1 N–H and O–H groups in total. The number of carbonyl (C=O) groups is 1. The minimum Gasteiger partial charge on any atom is -0.494 e. The van der Waals surface area contributed by atoms with Gasteiger partial charge in [0.1, 0.15) is 23.9 Å². The van der Waals surface area contributed by atoms with E-state index in [0.717, 1.165) is 17.1 Å². The molecule has 0 aromatic heterocycles. The summed E-state index contributed by atoms with van der Waals surface area (Å²) in [7, 11) is 0. The molecule has 6 nitrogen and oxygen atoms in total. The maximum Gasteiger partial charge on any atom is 0.234 e. The van der Waals surface area contributed by atoms with Crippen molar-refractivity contribution >= 4 is 5.91 Å². The van der Waals surface area contributed by atoms with Crippen LogP contribution in [0.1, 0.15) is 18.6 Å². The molecule has 0 saturated carbocycles. The van der Waals surface area contributed by atoms with Gasteiger partial charge in [0.2, 0.25) is 5.91 Å². The molecule has 3 rings (SSSR count). The fourth-order valence-corrected chi connectivity index (χ4v) is 3.14. The van der Waals surface area contributed by atoms with Gasteiger partial charge in [-0.05, 0) is 48.9 Å². The molecule has 0 aliphatic carbocycles. The van der Waals surface area contributed by atoms with Gasteiger partial charge in [-0.1, -0.05) is 12.1 Å². The topological polar surface area (TPSA) is 60.0 Å². The van der Waals surface area contributed by atoms with Crippen molar-refractivity contribution in [3.05, 3.63) is 59.9 Å². The quantitative estimate of drug-likeness (QED) is 0.654. The minimum atomic E-state index is -0.270. The van der Waals surface area contributed by atoms with Gasteiger partial charge in [0.15, 0.2) is 0 Å². The molecule has 156 valence electrons. The van der Waals surface area contributed by atoms with Crippen molar-refractivity contribution in [1.29, 1.82) is 0 Å². The third-order valence-electron chi connectivity index (χ3n) is 4.59. The maximum absolute atomic E-state index is 13.1. The second-order valence-electron chi connectivity index (χ2n) is 6.75. The number of morpholine rings is 1. The summed E-state index contributed by atoms with van der Waals surface area (Å²) in [5, 5.41) is 2.87. The molecule has 1 saturated heterocycles. The molecule has 0 radical (unpaired) electrons. The standard InChI is InChI=1S/C22H27FN2O4/c1-2-27-19-7-9-20(10-8-19)28-13-11-24-22(26)16-25-12-14-29-21(15-25)17-3-5-18(23)6-4-17/h3-10,21H,2,11-16H2,1H3,(H,24,26). The van der Waals surface area contributed by atoms with Crippen LogP contribution >= 0.6 is 0 Å². The zero-order chi connectivity index (χ0) is 20.5. The normalized spacial score (nSPS) is 17.0. The molecule has 7 heteroatoms. The number of amides is 1. The zero-order valence-electron chi connectivity index (χ0n) is 16.6. The van der Waals surface area contributed by atoms with Crippen molar-refractivity contribution in [1.82, 2.24) is 10.2 Å². The second-order valence-corrected chi connectivity index (χ2v) is 6.75. The van der Waals surface area contributed by atoms with Gasteiger partial charge in [-0.25, -0.2) is 4.39 Å². The minimum absolute atomic E-state index is 0.0555. The van der Waals surface area contributed by atoms with Crippen LogP contribution in [0.3, 0.4) is 0 Å². The average Bonchev–Trinajstić information content (AvgIpc) is 2.73. The fraction of sp³-hybridized carbons (Fsp3) is 0.409. The number of hydrogen-bond acceptors (Lipinski definition) is 5. The highest BCUT2D eigenvalue weighted by atomic mass is 19.1. The lowest BCUT2D eigenvalue weighted by atomic mass is 10.1. The predicted octanol–water partition coefficient (Wildman–Crippen LogP) is 2.79. The fourth-order valence-electron chi connectivity index (χ4n) is 3.14. The summed E-state index contributed by atoms with van der Waals surface area (Å²) < 4.78 is 29.9. The van der Waals surface area contributed by atoms with E-state index in [1.54, 1.807) is 12.1 Å². The summed E-state index contributed by atoms with van der Waals surface area (Å²) in [4.78, 5) is 14.3. The van der Waals surface area contributed by atoms with Crippen molar-refractivity contribution in [3.63, 3.8) is 0 Å². The van der Waals surface area contributed by atoms with Gasteiger partial charge in [-0.3, -0.25) is 9.69 Å². The van der Waals surface area contributed by atoms with E-state index < -0.39 is 0 Å². The Bertz CT molecular complexity index is 767. The largest absolute Gasteiger partial charge is 0.494 e. The van der Waals surface area contributed by atoms with Crippen molar-refractivity contribution in [2.45, 2.75) is 13.0 Å². The third kappa shape index (κ3) is 6.73. The van der Waals surface area contributed by atoms with E-state index in [1.807, 2.05) is 36.1 Å². The third-order valence-corrected chi connectivity index (χ3v) is 4.59. The van der Waals surface area contributed by atoms with Gasteiger partial charge in [0.05, 0.1) is 32.4 Å². The average molecular weight is 402 g/mol. The maximum atomic E-state index is 13.1. The molecule has 29 heavy (non-hydrogen) atoms. The monoisotopic (exact) mass is 402 g/mol. The van der Waals surface area contributed by atoms with Crippen molar-refractivity contribution in [2.24, 2.45) is 0 Å². The molecule has 1 amide bonds. The highest BCUT2D eigenvalue weighted by Gasteiger charge is 2.23. The van der Waals surface area contributed by atoms with Gasteiger partial charge < -0.3 is 19.5 Å². The van der Waals surface area contributed by atoms with Crippen LogP contribution in [0.25, 0.3) is 0 Å². The van der Waals surface area contributed by atoms with E-state index in [2.05, 4.69) is 5.32 Å². The Hall–Kier alpha value is -2.64. The zero-order valence-corrected chi connectivity index (χ0v) is 16.6. The summed E-state index contributed by atoms with van der Waals surface area (Å²) in [6.07, 6.45) is -0.153. The van der Waals surface area contributed by atoms with E-state index >= 15 is 0 Å². The van der Waals surface area contributed by atoms with Crippen molar-refractivity contribution in [3.8, 4) is 11.5 Å². The van der Waals surface area contributed by atoms with Crippen LogP contribution in [-0.2, 0) is 9.53 Å². The number of nitrogens with zero attached hydrogens (tertiary/aromatic N) is 1. The number of ether oxygens (including phenoxy) is 3. The van der Waals surface area contributed by atoms with Crippen LogP contribution in [0.15, 0.2) is 48.5 Å². The van der Waals surface area contributed by atoms with Crippen LogP contribution in [0, 0.1) is 5.82 Å². The molecule has 0 spiro atoms. The van der Waals surface area contributed by atoms with Gasteiger partial charge in [0, 0.05) is 13.1 Å². The lowest BCUT2D eigenvalue weighted by Gasteiger charge is -2.32. The SMILES string of the molecule is CCOc1ccc(OCCNC(=O)CN2CCOC(c3ccc(F)cc3)C2)cc1. The van der Waals surface area contributed by atoms with Gasteiger partial charge in [-0.2, -0.15) is 0 Å². The molecule has 1 unspecified atom stereocenters. The smallest absolute Gasteiger partial charge is 0.234 e. The van der Waals surface area contributed by atoms with Crippen LogP contribution in [0.5, 0.6) is 11.5 Å². The van der Waals surface area contributed by atoms with Gasteiger partial charge >= 0.3 is 0 Å². The van der Waals surface area contributed by atoms with Crippen molar-refractivity contribution < 1.29 is 23.4 Å². The van der Waals surface area contributed by atoms with E-state index in [4.69, 9.17) is 14.2 Å². The van der Waals surface area contributed by atoms with Crippen molar-refractivity contribution in [2.75, 3.05) is 46.0 Å². The number of nitrogens with one attached hydrogen (secondary N) is 1. The Morgan fingerprint density at radius 1 is 1.14 bits per heavy atom. The first kappa shape index (κ1) is 21.1. The first-order valence-electron chi connectivity index (χ1n) is 9.86. The lowest BCUT2D eigenvalue weighted by molar-refractivity contribution is -0.124. The van der Waals surface area contributed by atoms with Crippen LogP contribution in [-0.4, -0.2) is 56.8 Å². The summed E-state index contributed by atoms with van der Waals surface area (Å²) in [6, 6.07) is 13.7. The van der Waals surface area contributed by atoms with E-state index in [9.17, 15) is 9.18 Å².